The summed E-state index contributed by atoms with van der Waals surface area (Å²) in [6.07, 6.45) is 1.87. The summed E-state index contributed by atoms with van der Waals surface area (Å²) < 4.78 is 14.0. The number of hydrogen-bond acceptors (Lipinski definition) is 6. The second kappa shape index (κ2) is 15.2. The fourth-order valence-corrected chi connectivity index (χ4v) is 5.61. The maximum absolute atomic E-state index is 13.0. The number of halogens is 4. The monoisotopic (exact) mass is 738 g/mol. The molecule has 0 atom stereocenters. The van der Waals surface area contributed by atoms with Crippen LogP contribution in [0.15, 0.2) is 59.3 Å². The highest BCUT2D eigenvalue weighted by molar-refractivity contribution is 9.10. The smallest absolute Gasteiger partial charge is 0.319 e. The van der Waals surface area contributed by atoms with Crippen molar-refractivity contribution >= 4 is 86.4 Å². The Morgan fingerprint density at radius 3 is 2.62 bits per heavy atom. The highest BCUT2D eigenvalue weighted by atomic mass is 79.9. The topological polar surface area (TPSA) is 118 Å². The predicted octanol–water partition coefficient (Wildman–Crippen LogP) is 5.97. The molecule has 0 spiro atoms. The van der Waals surface area contributed by atoms with E-state index in [1.165, 1.54) is 4.90 Å². The van der Waals surface area contributed by atoms with Gasteiger partial charge in [-0.3, -0.25) is 14.0 Å². The Balaban J connectivity index is 0.00000461. The quantitative estimate of drug-likeness (QED) is 0.230. The Kier molecular flexibility index (Phi) is 11.6. The first kappa shape index (κ1) is 34.3. The Bertz CT molecular complexity index is 1730. The third-order valence-electron chi connectivity index (χ3n) is 7.05. The van der Waals surface area contributed by atoms with Crippen molar-refractivity contribution < 1.29 is 23.9 Å². The van der Waals surface area contributed by atoms with E-state index in [4.69, 9.17) is 32.7 Å². The van der Waals surface area contributed by atoms with E-state index in [1.807, 2.05) is 23.6 Å². The molecule has 0 radical (unpaired) electrons. The van der Waals surface area contributed by atoms with Gasteiger partial charge in [0.1, 0.15) is 11.2 Å². The van der Waals surface area contributed by atoms with Crippen LogP contribution < -0.4 is 20.3 Å². The van der Waals surface area contributed by atoms with Crippen LogP contribution in [0.25, 0.3) is 5.65 Å². The molecule has 0 bridgehead atoms. The van der Waals surface area contributed by atoms with Crippen LogP contribution in [0, 0.1) is 6.92 Å². The van der Waals surface area contributed by atoms with Gasteiger partial charge in [0.2, 0.25) is 5.91 Å². The van der Waals surface area contributed by atoms with Gasteiger partial charge in [-0.1, -0.05) is 29.3 Å². The van der Waals surface area contributed by atoms with Gasteiger partial charge in [0.25, 0.3) is 5.91 Å². The van der Waals surface area contributed by atoms with Crippen LogP contribution in [0.4, 0.5) is 16.2 Å². The number of morpholine rings is 1. The molecular weight excluding hydrogens is 711 g/mol. The molecule has 15 heteroatoms. The Labute approximate surface area is 284 Å². The van der Waals surface area contributed by atoms with E-state index in [0.29, 0.717) is 65.2 Å². The largest absolute Gasteiger partial charge is 0.485 e. The molecule has 2 aromatic carbocycles. The van der Waals surface area contributed by atoms with E-state index in [0.717, 1.165) is 10.3 Å². The number of amides is 4. The molecule has 1 aliphatic rings. The number of likely N-dealkylation sites (N-methyl/N-ethyl adjacent to an activating group) is 1. The molecule has 45 heavy (non-hydrogen) atoms. The summed E-state index contributed by atoms with van der Waals surface area (Å²) in [6, 6.07) is 12.9. The number of aromatic nitrogens is 2. The molecule has 0 saturated carbocycles. The summed E-state index contributed by atoms with van der Waals surface area (Å²) in [6.45, 7) is 3.62. The molecule has 2 aromatic heterocycles. The van der Waals surface area contributed by atoms with Crippen LogP contribution in [-0.2, 0) is 16.1 Å². The van der Waals surface area contributed by atoms with Gasteiger partial charge in [0.15, 0.2) is 11.4 Å². The van der Waals surface area contributed by atoms with Crippen molar-refractivity contribution in [2.75, 3.05) is 50.1 Å². The molecular formula is C30H30BrCl3N6O5. The molecule has 0 aliphatic carbocycles. The number of rotatable bonds is 8. The van der Waals surface area contributed by atoms with Gasteiger partial charge in [-0.15, -0.1) is 12.4 Å². The number of nitrogens with one attached hydrogen (secondary N) is 2. The number of carbonyl (C=O) groups is 3. The summed E-state index contributed by atoms with van der Waals surface area (Å²) in [5.41, 5.74) is 3.20. The number of carbonyl (C=O) groups excluding carboxylic acids is 3. The average molecular weight is 741 g/mol. The second-order valence-corrected chi connectivity index (χ2v) is 11.5. The summed E-state index contributed by atoms with van der Waals surface area (Å²) in [7, 11) is 1.55. The minimum absolute atomic E-state index is 0. The third kappa shape index (κ3) is 7.82. The minimum atomic E-state index is -0.603. The SMILES string of the molecule is Cc1nc2c(OCc3c(Cl)ccc(N(C)C(=O)CNC(=O)Nc4cccc(C(=O)N5CCOCC5)c4)c3Cl)cccn2c1Br.Cl. The number of hydrogen-bond donors (Lipinski definition) is 2. The van der Waals surface area contributed by atoms with Crippen LogP contribution >= 0.6 is 51.5 Å². The molecule has 1 fully saturated rings. The van der Waals surface area contributed by atoms with Gasteiger partial charge in [0.05, 0.1) is 36.2 Å². The fraction of sp³-hybridized carbons (Fsp3) is 0.267. The van der Waals surface area contributed by atoms with Crippen molar-refractivity contribution in [2.24, 2.45) is 0 Å². The Hall–Kier alpha value is -3.55. The van der Waals surface area contributed by atoms with E-state index in [2.05, 4.69) is 31.5 Å². The van der Waals surface area contributed by atoms with Crippen LogP contribution in [0.1, 0.15) is 21.6 Å². The van der Waals surface area contributed by atoms with E-state index in [1.54, 1.807) is 54.4 Å². The van der Waals surface area contributed by atoms with Crippen LogP contribution in [-0.4, -0.2) is 72.0 Å². The lowest BCUT2D eigenvalue weighted by Crippen LogP contribution is -2.41. The zero-order valence-corrected chi connectivity index (χ0v) is 28.2. The zero-order chi connectivity index (χ0) is 31.4. The standard InChI is InChI=1S/C30H29BrCl2N6O5.ClH/c1-18-27(31)39-10-4-7-24(28(39)35-18)44-17-21-22(32)8-9-23(26(21)33)37(2)25(40)16-34-30(42)36-20-6-3-5-19(15-20)29(41)38-11-13-43-14-12-38;/h3-10,15H,11-14,16-17H2,1-2H3,(H2,34,36,42);1H. The maximum Gasteiger partial charge on any atom is 0.319 e. The normalized spacial score (nSPS) is 12.8. The number of pyridine rings is 1. The average Bonchev–Trinajstić information content (AvgIpc) is 3.33. The molecule has 0 unspecified atom stereocenters. The zero-order valence-electron chi connectivity index (χ0n) is 24.3. The van der Waals surface area contributed by atoms with Gasteiger partial charge >= 0.3 is 6.03 Å². The predicted molar refractivity (Wildman–Crippen MR) is 179 cm³/mol. The van der Waals surface area contributed by atoms with Gasteiger partial charge in [-0.2, -0.15) is 0 Å². The molecule has 3 heterocycles. The highest BCUT2D eigenvalue weighted by Crippen LogP contribution is 2.35. The lowest BCUT2D eigenvalue weighted by atomic mass is 10.1. The van der Waals surface area contributed by atoms with Crippen molar-refractivity contribution in [1.82, 2.24) is 19.6 Å². The van der Waals surface area contributed by atoms with Gasteiger partial charge in [-0.25, -0.2) is 9.78 Å². The number of anilines is 2. The first-order valence-corrected chi connectivity index (χ1v) is 15.2. The molecule has 11 nitrogen and oxygen atoms in total. The summed E-state index contributed by atoms with van der Waals surface area (Å²) >= 11 is 16.7. The lowest BCUT2D eigenvalue weighted by Gasteiger charge is -2.27. The molecule has 1 aliphatic heterocycles. The summed E-state index contributed by atoms with van der Waals surface area (Å²) in [4.78, 5) is 46.0. The number of aryl methyl sites for hydroxylation is 1. The first-order valence-electron chi connectivity index (χ1n) is 13.7. The number of benzene rings is 2. The minimum Gasteiger partial charge on any atom is -0.485 e. The van der Waals surface area contributed by atoms with E-state index in [-0.39, 0.29) is 36.5 Å². The van der Waals surface area contributed by atoms with Crippen molar-refractivity contribution in [3.05, 3.63) is 86.2 Å². The molecule has 2 N–H and O–H groups in total. The van der Waals surface area contributed by atoms with Crippen LogP contribution in [0.2, 0.25) is 10.0 Å². The Morgan fingerprint density at radius 1 is 1.11 bits per heavy atom. The van der Waals surface area contributed by atoms with E-state index < -0.39 is 11.9 Å². The molecule has 4 aromatic rings. The van der Waals surface area contributed by atoms with Crippen molar-refractivity contribution in [3.8, 4) is 5.75 Å². The first-order chi connectivity index (χ1) is 21.1. The van der Waals surface area contributed by atoms with Crippen molar-refractivity contribution in [1.29, 1.82) is 0 Å². The van der Waals surface area contributed by atoms with Gasteiger partial charge in [0, 0.05) is 48.2 Å². The van der Waals surface area contributed by atoms with E-state index >= 15 is 0 Å². The lowest BCUT2D eigenvalue weighted by molar-refractivity contribution is -0.117. The number of nitrogens with zero attached hydrogens (tertiary/aromatic N) is 4. The molecule has 4 amide bonds. The number of ether oxygens (including phenoxy) is 2. The summed E-state index contributed by atoms with van der Waals surface area (Å²) in [5.74, 6) is -0.0232. The highest BCUT2D eigenvalue weighted by Gasteiger charge is 2.21. The van der Waals surface area contributed by atoms with Crippen molar-refractivity contribution in [3.63, 3.8) is 0 Å². The van der Waals surface area contributed by atoms with Gasteiger partial charge < -0.3 is 29.9 Å². The maximum atomic E-state index is 13.0. The van der Waals surface area contributed by atoms with Crippen molar-refractivity contribution in [2.45, 2.75) is 13.5 Å². The second-order valence-electron chi connectivity index (χ2n) is 9.95. The number of fused-ring (bicyclic) bond motifs is 1. The number of imidazole rings is 1. The fourth-order valence-electron chi connectivity index (χ4n) is 4.63. The molecule has 5 rings (SSSR count). The number of urea groups is 1. The Morgan fingerprint density at radius 2 is 1.87 bits per heavy atom. The third-order valence-corrected chi connectivity index (χ3v) is 8.79. The summed E-state index contributed by atoms with van der Waals surface area (Å²) in [5, 5.41) is 5.83. The van der Waals surface area contributed by atoms with Gasteiger partial charge in [-0.05, 0) is 65.3 Å². The van der Waals surface area contributed by atoms with Crippen LogP contribution in [0.5, 0.6) is 5.75 Å². The van der Waals surface area contributed by atoms with Crippen LogP contribution in [0.3, 0.4) is 0 Å². The molecule has 238 valence electrons. The van der Waals surface area contributed by atoms with E-state index in [9.17, 15) is 14.4 Å². The molecule has 1 saturated heterocycles.